The topological polar surface area (TPSA) is 12.0 Å². The second kappa shape index (κ2) is 5.18. The zero-order chi connectivity index (χ0) is 13.2. The van der Waals surface area contributed by atoms with Gasteiger partial charge in [0.1, 0.15) is 0 Å². The Labute approximate surface area is 115 Å². The molecule has 0 radical (unpaired) electrons. The molecule has 19 heavy (non-hydrogen) atoms. The molecule has 1 heteroatoms. The highest BCUT2D eigenvalue weighted by Gasteiger charge is 2.38. The molecular weight excluding hydrogens is 230 g/mol. The van der Waals surface area contributed by atoms with Crippen LogP contribution < -0.4 is 5.32 Å². The molecule has 0 spiro atoms. The smallest absolute Gasteiger partial charge is 0.0297 e. The van der Waals surface area contributed by atoms with Gasteiger partial charge in [0.15, 0.2) is 0 Å². The van der Waals surface area contributed by atoms with E-state index < -0.39 is 0 Å². The summed E-state index contributed by atoms with van der Waals surface area (Å²) in [6.07, 6.45) is 1.26. The van der Waals surface area contributed by atoms with Gasteiger partial charge in [0.25, 0.3) is 0 Å². The van der Waals surface area contributed by atoms with Crippen molar-refractivity contribution in [3.05, 3.63) is 71.3 Å². The van der Waals surface area contributed by atoms with Crippen LogP contribution in [0.4, 0.5) is 0 Å². The molecule has 3 unspecified atom stereocenters. The van der Waals surface area contributed by atoms with Crippen molar-refractivity contribution < 1.29 is 0 Å². The molecule has 1 aliphatic rings. The van der Waals surface area contributed by atoms with Crippen LogP contribution in [0.1, 0.15) is 42.0 Å². The van der Waals surface area contributed by atoms with Gasteiger partial charge in [0.05, 0.1) is 0 Å². The highest BCUT2D eigenvalue weighted by Crippen LogP contribution is 2.41. The summed E-state index contributed by atoms with van der Waals surface area (Å²) in [6, 6.07) is 20.6. The molecule has 1 fully saturated rings. The number of hydrogen-bond donors (Lipinski definition) is 1. The molecule has 0 heterocycles. The van der Waals surface area contributed by atoms with E-state index in [2.05, 4.69) is 73.8 Å². The Hall–Kier alpha value is -1.60. The van der Waals surface area contributed by atoms with Gasteiger partial charge in [-0.2, -0.15) is 0 Å². The van der Waals surface area contributed by atoms with E-state index in [1.165, 1.54) is 23.1 Å². The number of benzene rings is 2. The minimum Gasteiger partial charge on any atom is -0.307 e. The van der Waals surface area contributed by atoms with E-state index in [1.807, 2.05) is 0 Å². The number of nitrogens with one attached hydrogen (secondary N) is 1. The van der Waals surface area contributed by atoms with Crippen LogP contribution in [0.5, 0.6) is 0 Å². The molecule has 2 aromatic carbocycles. The van der Waals surface area contributed by atoms with E-state index in [1.54, 1.807) is 0 Å². The van der Waals surface area contributed by atoms with Crippen LogP contribution in [-0.4, -0.2) is 6.04 Å². The van der Waals surface area contributed by atoms with E-state index >= 15 is 0 Å². The highest BCUT2D eigenvalue weighted by molar-refractivity contribution is 5.31. The summed E-state index contributed by atoms with van der Waals surface area (Å²) in [4.78, 5) is 0. The fraction of sp³-hybridized carbons (Fsp3) is 0.333. The van der Waals surface area contributed by atoms with Gasteiger partial charge < -0.3 is 5.32 Å². The summed E-state index contributed by atoms with van der Waals surface area (Å²) in [5, 5.41) is 3.76. The normalized spacial score (nSPS) is 23.1. The molecule has 0 saturated heterocycles. The first-order valence-electron chi connectivity index (χ1n) is 7.12. The fourth-order valence-electron chi connectivity index (χ4n) is 2.93. The van der Waals surface area contributed by atoms with E-state index in [9.17, 15) is 0 Å². The summed E-state index contributed by atoms with van der Waals surface area (Å²) < 4.78 is 0. The maximum absolute atomic E-state index is 3.76. The lowest BCUT2D eigenvalue weighted by Crippen LogP contribution is -2.22. The Balaban J connectivity index is 1.64. The first-order chi connectivity index (χ1) is 9.25. The number of rotatable bonds is 4. The molecule has 98 valence electrons. The molecule has 0 bridgehead atoms. The zero-order valence-corrected chi connectivity index (χ0v) is 11.6. The van der Waals surface area contributed by atoms with Crippen molar-refractivity contribution in [1.82, 2.24) is 5.32 Å². The lowest BCUT2D eigenvalue weighted by Gasteiger charge is -2.16. The van der Waals surface area contributed by atoms with Gasteiger partial charge in [0, 0.05) is 18.0 Å². The number of aryl methyl sites for hydroxylation is 1. The Bertz CT molecular complexity index is 547. The summed E-state index contributed by atoms with van der Waals surface area (Å²) in [5.74, 6) is 0.702. The van der Waals surface area contributed by atoms with Crippen molar-refractivity contribution in [3.8, 4) is 0 Å². The molecular formula is C18H21N. The monoisotopic (exact) mass is 251 g/mol. The fourth-order valence-corrected chi connectivity index (χ4v) is 2.93. The van der Waals surface area contributed by atoms with Crippen molar-refractivity contribution in [1.29, 1.82) is 0 Å². The predicted molar refractivity (Wildman–Crippen MR) is 80.3 cm³/mol. The van der Waals surface area contributed by atoms with Crippen LogP contribution in [0.25, 0.3) is 0 Å². The highest BCUT2D eigenvalue weighted by atomic mass is 15.0. The summed E-state index contributed by atoms with van der Waals surface area (Å²) >= 11 is 0. The minimum atomic E-state index is 0.430. The van der Waals surface area contributed by atoms with E-state index in [0.29, 0.717) is 18.0 Å². The lowest BCUT2D eigenvalue weighted by atomic mass is 10.0. The Kier molecular flexibility index (Phi) is 3.39. The maximum atomic E-state index is 3.76. The molecule has 1 nitrogen and oxygen atoms in total. The molecule has 3 rings (SSSR count). The molecule has 3 atom stereocenters. The standard InChI is InChI=1S/C18H21N/c1-13-8-6-7-11-16(13)14(2)19-18-12-17(18)15-9-4-3-5-10-15/h3-11,14,17-19H,12H2,1-2H3. The van der Waals surface area contributed by atoms with E-state index in [4.69, 9.17) is 0 Å². The van der Waals surface area contributed by atoms with Crippen LogP contribution in [-0.2, 0) is 0 Å². The third kappa shape index (κ3) is 2.71. The quantitative estimate of drug-likeness (QED) is 0.858. The molecule has 0 aromatic heterocycles. The Morgan fingerprint density at radius 2 is 1.68 bits per heavy atom. The van der Waals surface area contributed by atoms with Crippen LogP contribution in [0.2, 0.25) is 0 Å². The first kappa shape index (κ1) is 12.4. The maximum Gasteiger partial charge on any atom is 0.0297 e. The van der Waals surface area contributed by atoms with Crippen LogP contribution in [0.15, 0.2) is 54.6 Å². The van der Waals surface area contributed by atoms with E-state index in [0.717, 1.165) is 0 Å². The summed E-state index contributed by atoms with van der Waals surface area (Å²) in [7, 11) is 0. The Morgan fingerprint density at radius 1 is 1.00 bits per heavy atom. The second-order valence-corrected chi connectivity index (χ2v) is 5.60. The predicted octanol–water partition coefficient (Wildman–Crippen LogP) is 4.20. The van der Waals surface area contributed by atoms with Gasteiger partial charge in [-0.05, 0) is 37.0 Å². The van der Waals surface area contributed by atoms with Crippen molar-refractivity contribution in [3.63, 3.8) is 0 Å². The van der Waals surface area contributed by atoms with Gasteiger partial charge in [0.2, 0.25) is 0 Å². The van der Waals surface area contributed by atoms with Crippen molar-refractivity contribution in [2.45, 2.75) is 38.3 Å². The SMILES string of the molecule is Cc1ccccc1C(C)NC1CC1c1ccccc1. The Morgan fingerprint density at radius 3 is 2.42 bits per heavy atom. The second-order valence-electron chi connectivity index (χ2n) is 5.60. The first-order valence-corrected chi connectivity index (χ1v) is 7.12. The van der Waals surface area contributed by atoms with Gasteiger partial charge in [-0.15, -0.1) is 0 Å². The van der Waals surface area contributed by atoms with Crippen LogP contribution >= 0.6 is 0 Å². The molecule has 0 amide bonds. The minimum absolute atomic E-state index is 0.430. The van der Waals surface area contributed by atoms with Crippen LogP contribution in [0, 0.1) is 6.92 Å². The molecule has 1 N–H and O–H groups in total. The van der Waals surface area contributed by atoms with E-state index in [-0.39, 0.29) is 0 Å². The largest absolute Gasteiger partial charge is 0.307 e. The third-order valence-electron chi connectivity index (χ3n) is 4.14. The van der Waals surface area contributed by atoms with Gasteiger partial charge in [-0.3, -0.25) is 0 Å². The van der Waals surface area contributed by atoms with Gasteiger partial charge >= 0.3 is 0 Å². The summed E-state index contributed by atoms with van der Waals surface area (Å²) in [6.45, 7) is 4.46. The molecule has 0 aliphatic heterocycles. The van der Waals surface area contributed by atoms with Crippen molar-refractivity contribution >= 4 is 0 Å². The summed E-state index contributed by atoms with van der Waals surface area (Å²) in [5.41, 5.74) is 4.26. The zero-order valence-electron chi connectivity index (χ0n) is 11.6. The molecule has 1 aliphatic carbocycles. The van der Waals surface area contributed by atoms with Crippen molar-refractivity contribution in [2.24, 2.45) is 0 Å². The lowest BCUT2D eigenvalue weighted by molar-refractivity contribution is 0.560. The number of hydrogen-bond acceptors (Lipinski definition) is 1. The average Bonchev–Trinajstić information content (AvgIpc) is 3.19. The molecule has 2 aromatic rings. The third-order valence-corrected chi connectivity index (χ3v) is 4.14. The van der Waals surface area contributed by atoms with Crippen molar-refractivity contribution in [2.75, 3.05) is 0 Å². The van der Waals surface area contributed by atoms with Gasteiger partial charge in [-0.1, -0.05) is 54.6 Å². The van der Waals surface area contributed by atoms with Crippen LogP contribution in [0.3, 0.4) is 0 Å². The average molecular weight is 251 g/mol. The van der Waals surface area contributed by atoms with Gasteiger partial charge in [-0.25, -0.2) is 0 Å². The molecule has 1 saturated carbocycles.